The summed E-state index contributed by atoms with van der Waals surface area (Å²) >= 11 is 1.80. The summed E-state index contributed by atoms with van der Waals surface area (Å²) in [6.07, 6.45) is 0.220. The maximum atomic E-state index is 12.2. The molecule has 1 aromatic rings. The Balaban J connectivity index is 2.28. The average molecular weight is 445 g/mol. The molecule has 0 amide bonds. The molecule has 7 nitrogen and oxygen atoms in total. The largest absolute Gasteiger partial charge is 0.478 e. The Morgan fingerprint density at radius 1 is 1.38 bits per heavy atom. The highest BCUT2D eigenvalue weighted by Gasteiger charge is 2.31. The normalized spacial score (nSPS) is 21.3. The molecule has 0 aromatic heterocycles. The van der Waals surface area contributed by atoms with E-state index in [-0.39, 0.29) is 28.4 Å². The Hall–Kier alpha value is -0.720. The van der Waals surface area contributed by atoms with Gasteiger partial charge < -0.3 is 5.11 Å². The van der Waals surface area contributed by atoms with E-state index in [1.165, 1.54) is 12.1 Å². The van der Waals surface area contributed by atoms with Crippen LogP contribution in [0.1, 0.15) is 16.8 Å². The average Bonchev–Trinajstić information content (AvgIpc) is 2.67. The van der Waals surface area contributed by atoms with Crippen LogP contribution in [0.4, 0.5) is 0 Å². The van der Waals surface area contributed by atoms with Gasteiger partial charge in [-0.3, -0.25) is 0 Å². The number of sulfone groups is 1. The van der Waals surface area contributed by atoms with Crippen LogP contribution >= 0.6 is 22.6 Å². The van der Waals surface area contributed by atoms with Gasteiger partial charge in [0.25, 0.3) is 0 Å². The zero-order valence-electron chi connectivity index (χ0n) is 10.6. The van der Waals surface area contributed by atoms with Gasteiger partial charge in [-0.1, -0.05) is 0 Å². The summed E-state index contributed by atoms with van der Waals surface area (Å²) in [6.45, 7) is 0. The number of aromatic carboxylic acids is 1. The predicted molar refractivity (Wildman–Crippen MR) is 83.5 cm³/mol. The van der Waals surface area contributed by atoms with Crippen molar-refractivity contribution in [1.82, 2.24) is 4.72 Å². The van der Waals surface area contributed by atoms with E-state index in [0.29, 0.717) is 3.57 Å². The van der Waals surface area contributed by atoms with Crippen molar-refractivity contribution in [1.29, 1.82) is 0 Å². The molecule has 0 aliphatic carbocycles. The third kappa shape index (κ3) is 3.93. The molecule has 1 atom stereocenters. The SMILES string of the molecule is O=C(O)c1cc(S(=O)(=O)NC2CCS(=O)(=O)C2)ccc1I. The number of hydrogen-bond acceptors (Lipinski definition) is 5. The van der Waals surface area contributed by atoms with Crippen LogP contribution in [0, 0.1) is 3.57 Å². The number of sulfonamides is 1. The molecular formula is C11H12INO6S2. The van der Waals surface area contributed by atoms with E-state index < -0.39 is 31.9 Å². The van der Waals surface area contributed by atoms with Gasteiger partial charge in [0.05, 0.1) is 22.0 Å². The zero-order valence-corrected chi connectivity index (χ0v) is 14.4. The molecule has 21 heavy (non-hydrogen) atoms. The van der Waals surface area contributed by atoms with Gasteiger partial charge in [-0.2, -0.15) is 0 Å². The third-order valence-corrected chi connectivity index (χ3v) is 7.26. The highest BCUT2D eigenvalue weighted by Crippen LogP contribution is 2.20. The molecule has 2 N–H and O–H groups in total. The van der Waals surface area contributed by atoms with Crippen LogP contribution in [-0.4, -0.2) is 45.5 Å². The van der Waals surface area contributed by atoms with E-state index in [0.717, 1.165) is 6.07 Å². The van der Waals surface area contributed by atoms with Crippen molar-refractivity contribution >= 4 is 48.4 Å². The van der Waals surface area contributed by atoms with Gasteiger partial charge in [0.1, 0.15) is 0 Å². The van der Waals surface area contributed by atoms with Crippen LogP contribution in [0.15, 0.2) is 23.1 Å². The van der Waals surface area contributed by atoms with Gasteiger partial charge in [-0.05, 0) is 47.2 Å². The number of nitrogens with one attached hydrogen (secondary N) is 1. The van der Waals surface area contributed by atoms with Crippen molar-refractivity contribution in [3.05, 3.63) is 27.3 Å². The fourth-order valence-electron chi connectivity index (χ4n) is 2.01. The van der Waals surface area contributed by atoms with Crippen molar-refractivity contribution in [2.45, 2.75) is 17.4 Å². The maximum Gasteiger partial charge on any atom is 0.336 e. The number of carboxylic acids is 1. The second-order valence-electron chi connectivity index (χ2n) is 4.67. The monoisotopic (exact) mass is 445 g/mol. The minimum Gasteiger partial charge on any atom is -0.478 e. The highest BCUT2D eigenvalue weighted by molar-refractivity contribution is 14.1. The van der Waals surface area contributed by atoms with Crippen molar-refractivity contribution in [3.8, 4) is 0 Å². The standard InChI is InChI=1S/C11H12INO6S2/c12-10-2-1-8(5-9(10)11(14)15)21(18,19)13-7-3-4-20(16,17)6-7/h1-2,5,7,13H,3-4,6H2,(H,14,15). The summed E-state index contributed by atoms with van der Waals surface area (Å²) in [5.74, 6) is -1.50. The fraction of sp³-hybridized carbons (Fsp3) is 0.364. The summed E-state index contributed by atoms with van der Waals surface area (Å²) in [4.78, 5) is 10.8. The first kappa shape index (κ1) is 16.6. The smallest absolute Gasteiger partial charge is 0.336 e. The van der Waals surface area contributed by atoms with E-state index >= 15 is 0 Å². The van der Waals surface area contributed by atoms with Gasteiger partial charge in [0, 0.05) is 9.61 Å². The summed E-state index contributed by atoms with van der Waals surface area (Å²) in [5, 5.41) is 9.01. The van der Waals surface area contributed by atoms with Crippen molar-refractivity contribution in [2.24, 2.45) is 0 Å². The molecule has 0 radical (unpaired) electrons. The minimum atomic E-state index is -3.95. The molecule has 1 unspecified atom stereocenters. The molecule has 10 heteroatoms. The molecule has 1 aromatic carbocycles. The van der Waals surface area contributed by atoms with E-state index in [1.807, 2.05) is 0 Å². The first-order chi connectivity index (χ1) is 9.61. The molecular weight excluding hydrogens is 433 g/mol. The zero-order chi connectivity index (χ0) is 15.8. The molecule has 1 aliphatic heterocycles. The van der Waals surface area contributed by atoms with E-state index in [2.05, 4.69) is 4.72 Å². The number of carboxylic acid groups (broad SMARTS) is 1. The van der Waals surface area contributed by atoms with Gasteiger partial charge in [0.15, 0.2) is 9.84 Å². The van der Waals surface area contributed by atoms with E-state index in [1.54, 1.807) is 22.6 Å². The Morgan fingerprint density at radius 3 is 2.57 bits per heavy atom. The molecule has 1 fully saturated rings. The van der Waals surface area contributed by atoms with E-state index in [9.17, 15) is 21.6 Å². The van der Waals surface area contributed by atoms with Gasteiger partial charge in [-0.25, -0.2) is 26.4 Å². The number of carbonyl (C=O) groups is 1. The third-order valence-electron chi connectivity index (χ3n) is 3.03. The van der Waals surface area contributed by atoms with Crippen LogP contribution in [0.3, 0.4) is 0 Å². The van der Waals surface area contributed by atoms with Crippen LogP contribution < -0.4 is 4.72 Å². The summed E-state index contributed by atoms with van der Waals surface area (Å²) in [5.41, 5.74) is -0.113. The van der Waals surface area contributed by atoms with Crippen molar-refractivity contribution < 1.29 is 26.7 Å². The Labute approximate surface area is 135 Å². The summed E-state index contributed by atoms with van der Waals surface area (Å²) in [6, 6.07) is 3.08. The lowest BCUT2D eigenvalue weighted by Gasteiger charge is -2.12. The Morgan fingerprint density at radius 2 is 2.05 bits per heavy atom. The van der Waals surface area contributed by atoms with Gasteiger partial charge in [0.2, 0.25) is 10.0 Å². The van der Waals surface area contributed by atoms with Crippen molar-refractivity contribution in [2.75, 3.05) is 11.5 Å². The molecule has 1 aliphatic rings. The molecule has 116 valence electrons. The van der Waals surface area contributed by atoms with Gasteiger partial charge in [-0.15, -0.1) is 0 Å². The first-order valence-electron chi connectivity index (χ1n) is 5.86. The highest BCUT2D eigenvalue weighted by atomic mass is 127. The number of rotatable bonds is 4. The number of halogens is 1. The van der Waals surface area contributed by atoms with E-state index in [4.69, 9.17) is 5.11 Å². The Bertz CT molecular complexity index is 787. The second kappa shape index (κ2) is 5.82. The number of hydrogen-bond donors (Lipinski definition) is 2. The molecule has 0 saturated carbocycles. The Kier molecular flexibility index (Phi) is 4.61. The molecule has 1 saturated heterocycles. The molecule has 2 rings (SSSR count). The quantitative estimate of drug-likeness (QED) is 0.651. The molecule has 0 bridgehead atoms. The van der Waals surface area contributed by atoms with Crippen LogP contribution in [-0.2, 0) is 19.9 Å². The summed E-state index contributed by atoms with van der Waals surface area (Å²) < 4.78 is 49.8. The molecule has 0 spiro atoms. The lowest BCUT2D eigenvalue weighted by atomic mass is 10.2. The predicted octanol–water partition coefficient (Wildman–Crippen LogP) is 0.455. The van der Waals surface area contributed by atoms with Crippen LogP contribution in [0.2, 0.25) is 0 Å². The second-order valence-corrected chi connectivity index (χ2v) is 9.77. The van der Waals surface area contributed by atoms with Crippen LogP contribution in [0.5, 0.6) is 0 Å². The van der Waals surface area contributed by atoms with Gasteiger partial charge >= 0.3 is 5.97 Å². The maximum absolute atomic E-state index is 12.2. The molecule has 1 heterocycles. The topological polar surface area (TPSA) is 118 Å². The fourth-order valence-corrected chi connectivity index (χ4v) is 5.65. The lowest BCUT2D eigenvalue weighted by Crippen LogP contribution is -2.35. The summed E-state index contributed by atoms with van der Waals surface area (Å²) in [7, 11) is -7.15. The minimum absolute atomic E-state index is 0.0484. The van der Waals surface area contributed by atoms with Crippen LogP contribution in [0.25, 0.3) is 0 Å². The number of benzene rings is 1. The lowest BCUT2D eigenvalue weighted by molar-refractivity contribution is 0.0695. The van der Waals surface area contributed by atoms with Crippen molar-refractivity contribution in [3.63, 3.8) is 0 Å². The first-order valence-corrected chi connectivity index (χ1v) is 10.2.